The zero-order chi connectivity index (χ0) is 16.5. The molecule has 0 radical (unpaired) electrons. The largest absolute Gasteiger partial charge is 0.383 e. The molecule has 0 fully saturated rings. The highest BCUT2D eigenvalue weighted by molar-refractivity contribution is 7.89. The van der Waals surface area contributed by atoms with E-state index >= 15 is 0 Å². The molecule has 2 aromatic heterocycles. The number of nitrogens with zero attached hydrogens (tertiary/aromatic N) is 3. The van der Waals surface area contributed by atoms with Crippen LogP contribution in [0.15, 0.2) is 23.2 Å². The predicted octanol–water partition coefficient (Wildman–Crippen LogP) is 1.50. The van der Waals surface area contributed by atoms with Gasteiger partial charge in [-0.1, -0.05) is 11.6 Å². The van der Waals surface area contributed by atoms with Gasteiger partial charge in [-0.2, -0.15) is 5.10 Å². The molecule has 2 rings (SSSR count). The summed E-state index contributed by atoms with van der Waals surface area (Å²) in [5.74, 6) is -0.0878. The maximum atomic E-state index is 12.4. The predicted molar refractivity (Wildman–Crippen MR) is 85.1 cm³/mol. The average Bonchev–Trinajstić information content (AvgIpc) is 2.69. The molecule has 2 aromatic rings. The van der Waals surface area contributed by atoms with Gasteiger partial charge in [0.15, 0.2) is 0 Å². The monoisotopic (exact) mass is 343 g/mol. The third-order valence-electron chi connectivity index (χ3n) is 3.04. The van der Waals surface area contributed by atoms with Gasteiger partial charge in [0.1, 0.15) is 10.7 Å². The first kappa shape index (κ1) is 16.7. The maximum absolute atomic E-state index is 12.4. The van der Waals surface area contributed by atoms with Crippen molar-refractivity contribution in [3.05, 3.63) is 34.7 Å². The lowest BCUT2D eigenvalue weighted by Crippen LogP contribution is -2.36. The molecule has 0 aliphatic heterocycles. The summed E-state index contributed by atoms with van der Waals surface area (Å²) in [5.41, 5.74) is 7.48. The Morgan fingerprint density at radius 1 is 1.41 bits per heavy atom. The van der Waals surface area contributed by atoms with Crippen molar-refractivity contribution in [1.29, 1.82) is 0 Å². The summed E-state index contributed by atoms with van der Waals surface area (Å²) >= 11 is 5.79. The number of halogens is 1. The molecule has 3 N–H and O–H groups in total. The van der Waals surface area contributed by atoms with Crippen molar-refractivity contribution >= 4 is 27.4 Å². The van der Waals surface area contributed by atoms with Crippen LogP contribution in [0.3, 0.4) is 0 Å². The first-order valence-electron chi connectivity index (χ1n) is 6.63. The summed E-state index contributed by atoms with van der Waals surface area (Å²) in [5, 5.41) is 4.52. The highest BCUT2D eigenvalue weighted by atomic mass is 35.5. The third-order valence-corrected chi connectivity index (χ3v) is 4.87. The molecule has 0 saturated heterocycles. The van der Waals surface area contributed by atoms with Crippen LogP contribution in [-0.4, -0.2) is 29.2 Å². The zero-order valence-corrected chi connectivity index (χ0v) is 14.1. The summed E-state index contributed by atoms with van der Waals surface area (Å²) in [6.07, 6.45) is 1.30. The number of hydrogen-bond donors (Lipinski definition) is 2. The van der Waals surface area contributed by atoms with Gasteiger partial charge in [0.2, 0.25) is 10.0 Å². The van der Waals surface area contributed by atoms with Gasteiger partial charge in [-0.05, 0) is 32.9 Å². The fourth-order valence-electron chi connectivity index (χ4n) is 2.13. The van der Waals surface area contributed by atoms with E-state index < -0.39 is 10.0 Å². The van der Waals surface area contributed by atoms with Crippen LogP contribution >= 0.6 is 11.6 Å². The van der Waals surface area contributed by atoms with Gasteiger partial charge in [-0.3, -0.25) is 4.68 Å². The second-order valence-corrected chi connectivity index (χ2v) is 7.29. The number of nitrogens with two attached hydrogens (primary N) is 1. The minimum Gasteiger partial charge on any atom is -0.383 e. The quantitative estimate of drug-likeness (QED) is 0.856. The summed E-state index contributed by atoms with van der Waals surface area (Å²) in [4.78, 5) is 3.64. The van der Waals surface area contributed by atoms with E-state index in [1.165, 1.54) is 12.3 Å². The molecule has 0 amide bonds. The Morgan fingerprint density at radius 3 is 2.68 bits per heavy atom. The van der Waals surface area contributed by atoms with Crippen LogP contribution in [0.1, 0.15) is 18.3 Å². The second-order valence-electron chi connectivity index (χ2n) is 5.17. The van der Waals surface area contributed by atoms with E-state index in [2.05, 4.69) is 14.8 Å². The van der Waals surface area contributed by atoms with E-state index in [-0.39, 0.29) is 21.8 Å². The number of aromatic nitrogens is 3. The minimum absolute atomic E-state index is 0.0878. The van der Waals surface area contributed by atoms with Crippen LogP contribution in [0.5, 0.6) is 0 Å². The van der Waals surface area contributed by atoms with Crippen molar-refractivity contribution in [2.45, 2.75) is 38.3 Å². The van der Waals surface area contributed by atoms with Gasteiger partial charge in [-0.25, -0.2) is 18.1 Å². The number of anilines is 1. The first-order chi connectivity index (χ1) is 10.2. The normalized spacial score (nSPS) is 13.3. The molecule has 1 atom stereocenters. The lowest BCUT2D eigenvalue weighted by Gasteiger charge is -2.16. The van der Waals surface area contributed by atoms with E-state index in [0.717, 1.165) is 11.4 Å². The highest BCUT2D eigenvalue weighted by Gasteiger charge is 2.22. The average molecular weight is 344 g/mol. The SMILES string of the molecule is Cc1cc(C)n(C[C@H](C)NS(=O)(=O)c2cc(Cl)cnc2N)n1. The minimum atomic E-state index is -3.80. The Kier molecular flexibility index (Phi) is 4.74. The summed E-state index contributed by atoms with van der Waals surface area (Å²) in [6.45, 7) is 5.96. The van der Waals surface area contributed by atoms with Gasteiger partial charge in [0.05, 0.1) is 17.3 Å². The Morgan fingerprint density at radius 2 is 2.09 bits per heavy atom. The maximum Gasteiger partial charge on any atom is 0.244 e. The number of hydrogen-bond acceptors (Lipinski definition) is 5. The first-order valence-corrected chi connectivity index (χ1v) is 8.49. The van der Waals surface area contributed by atoms with Crippen molar-refractivity contribution in [3.8, 4) is 0 Å². The summed E-state index contributed by atoms with van der Waals surface area (Å²) in [6, 6.07) is 2.84. The molecule has 0 bridgehead atoms. The number of rotatable bonds is 5. The van der Waals surface area contributed by atoms with E-state index in [9.17, 15) is 8.42 Å². The van der Waals surface area contributed by atoms with Crippen molar-refractivity contribution in [3.63, 3.8) is 0 Å². The van der Waals surface area contributed by atoms with E-state index in [4.69, 9.17) is 17.3 Å². The molecule has 22 heavy (non-hydrogen) atoms. The van der Waals surface area contributed by atoms with Crippen LogP contribution < -0.4 is 10.5 Å². The Hall–Kier alpha value is -1.64. The van der Waals surface area contributed by atoms with Crippen molar-refractivity contribution in [1.82, 2.24) is 19.5 Å². The number of nitrogen functional groups attached to an aromatic ring is 1. The second kappa shape index (κ2) is 6.23. The van der Waals surface area contributed by atoms with Crippen molar-refractivity contribution < 1.29 is 8.42 Å². The Labute approximate surface area is 134 Å². The number of sulfonamides is 1. The topological polar surface area (TPSA) is 103 Å². The number of aryl methyl sites for hydroxylation is 2. The Balaban J connectivity index is 2.18. The van der Waals surface area contributed by atoms with Crippen LogP contribution in [0.4, 0.5) is 5.82 Å². The van der Waals surface area contributed by atoms with E-state index in [1.54, 1.807) is 11.6 Å². The van der Waals surface area contributed by atoms with Crippen LogP contribution in [0.25, 0.3) is 0 Å². The smallest absolute Gasteiger partial charge is 0.244 e. The molecule has 2 heterocycles. The molecule has 0 aromatic carbocycles. The van der Waals surface area contributed by atoms with Gasteiger partial charge >= 0.3 is 0 Å². The van der Waals surface area contributed by atoms with E-state index in [1.807, 2.05) is 19.9 Å². The Bertz CT molecular complexity index is 788. The lowest BCUT2D eigenvalue weighted by molar-refractivity contribution is 0.485. The third kappa shape index (κ3) is 3.76. The molecular weight excluding hydrogens is 326 g/mol. The molecule has 9 heteroatoms. The van der Waals surface area contributed by atoms with Gasteiger partial charge in [0, 0.05) is 17.9 Å². The molecular formula is C13H18ClN5O2S. The number of nitrogens with one attached hydrogen (secondary N) is 1. The van der Waals surface area contributed by atoms with Crippen LogP contribution in [0, 0.1) is 13.8 Å². The molecule has 0 unspecified atom stereocenters. The van der Waals surface area contributed by atoms with Gasteiger partial charge in [-0.15, -0.1) is 0 Å². The molecule has 0 spiro atoms. The fourth-order valence-corrected chi connectivity index (χ4v) is 3.70. The van der Waals surface area contributed by atoms with Crippen molar-refractivity contribution in [2.24, 2.45) is 0 Å². The molecule has 120 valence electrons. The van der Waals surface area contributed by atoms with Gasteiger partial charge in [0.25, 0.3) is 0 Å². The molecule has 0 saturated carbocycles. The molecule has 7 nitrogen and oxygen atoms in total. The fraction of sp³-hybridized carbons (Fsp3) is 0.385. The highest BCUT2D eigenvalue weighted by Crippen LogP contribution is 2.20. The number of pyridine rings is 1. The molecule has 0 aliphatic carbocycles. The molecule has 0 aliphatic rings. The van der Waals surface area contributed by atoms with Crippen LogP contribution in [-0.2, 0) is 16.6 Å². The van der Waals surface area contributed by atoms with Crippen LogP contribution in [0.2, 0.25) is 5.02 Å². The summed E-state index contributed by atoms with van der Waals surface area (Å²) < 4.78 is 29.1. The standard InChI is InChI=1S/C13H18ClN5O2S/c1-8-4-10(3)19(17-8)7-9(2)18-22(20,21)12-5-11(14)6-16-13(12)15/h4-6,9,18H,7H2,1-3H3,(H2,15,16)/t9-/m0/s1. The van der Waals surface area contributed by atoms with Gasteiger partial charge < -0.3 is 5.73 Å². The zero-order valence-electron chi connectivity index (χ0n) is 12.5. The van der Waals surface area contributed by atoms with Crippen molar-refractivity contribution in [2.75, 3.05) is 5.73 Å². The lowest BCUT2D eigenvalue weighted by atomic mass is 10.3. The summed E-state index contributed by atoms with van der Waals surface area (Å²) in [7, 11) is -3.80. The van der Waals surface area contributed by atoms with E-state index in [0.29, 0.717) is 6.54 Å².